The minimum absolute atomic E-state index is 0.0696. The Bertz CT molecular complexity index is 945. The van der Waals surface area contributed by atoms with Gasteiger partial charge in [-0.25, -0.2) is 0 Å². The topological polar surface area (TPSA) is 127 Å². The van der Waals surface area contributed by atoms with E-state index in [1.807, 2.05) is 0 Å². The monoisotopic (exact) mass is 751 g/mol. The van der Waals surface area contributed by atoms with Crippen molar-refractivity contribution in [3.63, 3.8) is 0 Å². The number of aliphatic hydroxyl groups is 1. The molecule has 0 aliphatic carbocycles. The van der Waals surface area contributed by atoms with Gasteiger partial charge in [-0.1, -0.05) is 128 Å². The van der Waals surface area contributed by atoms with E-state index in [1.54, 1.807) is 0 Å². The summed E-state index contributed by atoms with van der Waals surface area (Å²) < 4.78 is 26.8. The zero-order valence-electron chi connectivity index (χ0n) is 33.6. The maximum Gasteiger partial charge on any atom is 0.305 e. The van der Waals surface area contributed by atoms with Gasteiger partial charge in [-0.2, -0.15) is 0 Å². The van der Waals surface area contributed by atoms with Crippen LogP contribution in [0.15, 0.2) is 0 Å². The van der Waals surface area contributed by atoms with E-state index in [2.05, 4.69) is 0 Å². The van der Waals surface area contributed by atoms with Crippen molar-refractivity contribution in [3.8, 4) is 0 Å². The highest BCUT2D eigenvalue weighted by Crippen LogP contribution is 2.24. The fourth-order valence-electron chi connectivity index (χ4n) is 7.22. The minimum Gasteiger partial charge on any atom is -0.466 e. The van der Waals surface area contributed by atoms with E-state index in [-0.39, 0.29) is 24.3 Å². The Kier molecular flexibility index (Phi) is 25.7. The highest BCUT2D eigenvalue weighted by Gasteiger charge is 2.36. The molecule has 4 unspecified atom stereocenters. The maximum atomic E-state index is 13.3. The molecule has 3 heterocycles. The lowest BCUT2D eigenvalue weighted by Crippen LogP contribution is -2.44. The van der Waals surface area contributed by atoms with Crippen molar-refractivity contribution < 1.29 is 43.2 Å². The molecule has 3 aliphatic rings. The maximum absolute atomic E-state index is 13.3. The largest absolute Gasteiger partial charge is 0.466 e. The van der Waals surface area contributed by atoms with Crippen molar-refractivity contribution in [3.05, 3.63) is 0 Å². The summed E-state index contributed by atoms with van der Waals surface area (Å²) in [6, 6.07) is 0. The molecule has 0 spiro atoms. The van der Waals surface area contributed by atoms with Crippen molar-refractivity contribution in [2.24, 2.45) is 0 Å². The second kappa shape index (κ2) is 29.7. The van der Waals surface area contributed by atoms with E-state index in [4.69, 9.17) is 23.7 Å². The number of esters is 2. The first-order valence-electron chi connectivity index (χ1n) is 22.4. The van der Waals surface area contributed by atoms with Crippen LogP contribution in [-0.2, 0) is 38.1 Å². The summed E-state index contributed by atoms with van der Waals surface area (Å²) in [5.41, 5.74) is -1.60. The Labute approximate surface area is 322 Å². The van der Waals surface area contributed by atoms with Gasteiger partial charge in [0.25, 0.3) is 0 Å². The highest BCUT2D eigenvalue weighted by atomic mass is 16.6. The number of carbonyl (C=O) groups excluding carboxylic acids is 3. The van der Waals surface area contributed by atoms with Crippen molar-refractivity contribution >= 4 is 17.7 Å². The van der Waals surface area contributed by atoms with E-state index in [9.17, 15) is 19.5 Å². The highest BCUT2D eigenvalue weighted by molar-refractivity contribution is 5.87. The Balaban J connectivity index is 1.18. The van der Waals surface area contributed by atoms with Gasteiger partial charge < -0.3 is 28.8 Å². The van der Waals surface area contributed by atoms with Gasteiger partial charge >= 0.3 is 11.9 Å². The van der Waals surface area contributed by atoms with Crippen LogP contribution in [0.4, 0.5) is 0 Å². The van der Waals surface area contributed by atoms with Crippen LogP contribution >= 0.6 is 0 Å². The first-order valence-corrected chi connectivity index (χ1v) is 22.4. The van der Waals surface area contributed by atoms with Crippen LogP contribution < -0.4 is 0 Å². The van der Waals surface area contributed by atoms with Crippen LogP contribution in [0.25, 0.3) is 0 Å². The van der Waals surface area contributed by atoms with Gasteiger partial charge in [0.05, 0.1) is 44.7 Å². The number of carbonyl (C=O) groups is 3. The molecule has 0 aromatic carbocycles. The molecule has 0 amide bonds. The molecular formula is C44H78O9. The molecule has 0 aromatic rings. The zero-order chi connectivity index (χ0) is 37.7. The lowest BCUT2D eigenvalue weighted by molar-refractivity contribution is -0.158. The number of unbranched alkanes of at least 4 members (excludes halogenated alkanes) is 21. The van der Waals surface area contributed by atoms with Crippen molar-refractivity contribution in [1.82, 2.24) is 0 Å². The lowest BCUT2D eigenvalue weighted by Gasteiger charge is -2.26. The number of epoxide rings is 3. The number of Topliss-reactive ketones (excluding diaryl/α,β-unsaturated/α-hetero) is 1. The van der Waals surface area contributed by atoms with Crippen LogP contribution in [0.2, 0.25) is 0 Å². The molecule has 0 saturated carbocycles. The molecule has 1 N–H and O–H groups in total. The van der Waals surface area contributed by atoms with Crippen LogP contribution in [0, 0.1) is 0 Å². The lowest BCUT2D eigenvalue weighted by atomic mass is 9.89. The molecule has 0 bridgehead atoms. The minimum atomic E-state index is -1.60. The smallest absolute Gasteiger partial charge is 0.305 e. The second-order valence-corrected chi connectivity index (χ2v) is 16.4. The molecule has 53 heavy (non-hydrogen) atoms. The average Bonchev–Trinajstić information content (AvgIpc) is 3.99. The number of ketones is 1. The summed E-state index contributed by atoms with van der Waals surface area (Å²) in [4.78, 5) is 37.8. The van der Waals surface area contributed by atoms with Crippen LogP contribution in [-0.4, -0.2) is 79.8 Å². The molecule has 9 nitrogen and oxygen atoms in total. The van der Waals surface area contributed by atoms with Gasteiger partial charge in [0.2, 0.25) is 0 Å². The molecule has 0 aromatic heterocycles. The molecule has 0 radical (unpaired) electrons. The standard InChI is InChI=1S/C44H78O9/c45-41(29-21-13-5-2-10-18-26-38-34-50-38)44(48,37-53-43(47)31-23-15-7-4-12-20-28-40-36-52-40)32-24-16-8-1-9-17-25-33-49-42(46)30-22-14-6-3-11-19-27-39-35-51-39/h38-40,48H,1-37H2. The number of hydrogen-bond donors (Lipinski definition) is 1. The van der Waals surface area contributed by atoms with Gasteiger partial charge in [-0.05, 0) is 57.8 Å². The third-order valence-corrected chi connectivity index (χ3v) is 11.2. The summed E-state index contributed by atoms with van der Waals surface area (Å²) in [6.07, 6.45) is 33.3. The third-order valence-electron chi connectivity index (χ3n) is 11.2. The Morgan fingerprint density at radius 1 is 0.453 bits per heavy atom. The molecule has 3 fully saturated rings. The van der Waals surface area contributed by atoms with E-state index >= 15 is 0 Å². The van der Waals surface area contributed by atoms with Crippen molar-refractivity contribution in [2.75, 3.05) is 33.0 Å². The van der Waals surface area contributed by atoms with Gasteiger partial charge in [0.15, 0.2) is 11.4 Å². The SMILES string of the molecule is O=C(CCCCCCCCC1CO1)OCCCCCCCCCC(O)(COC(=O)CCCCCCCCC1CO1)C(=O)CCCCCCCCC1CO1. The summed E-state index contributed by atoms with van der Waals surface area (Å²) in [7, 11) is 0. The molecule has 4 atom stereocenters. The average molecular weight is 751 g/mol. The first kappa shape index (κ1) is 45.8. The quantitative estimate of drug-likeness (QED) is 0.0370. The van der Waals surface area contributed by atoms with Crippen molar-refractivity contribution in [1.29, 1.82) is 0 Å². The van der Waals surface area contributed by atoms with E-state index in [0.717, 1.165) is 123 Å². The molecule has 3 rings (SSSR count). The van der Waals surface area contributed by atoms with Gasteiger partial charge in [-0.15, -0.1) is 0 Å². The predicted octanol–water partition coefficient (Wildman–Crippen LogP) is 10.1. The Morgan fingerprint density at radius 3 is 1.23 bits per heavy atom. The van der Waals surface area contributed by atoms with Gasteiger partial charge in [0, 0.05) is 19.3 Å². The predicted molar refractivity (Wildman–Crippen MR) is 209 cm³/mol. The molecule has 308 valence electrons. The summed E-state index contributed by atoms with van der Waals surface area (Å²) >= 11 is 0. The van der Waals surface area contributed by atoms with E-state index < -0.39 is 5.60 Å². The molecule has 3 saturated heterocycles. The van der Waals surface area contributed by atoms with E-state index in [0.29, 0.717) is 50.6 Å². The summed E-state index contributed by atoms with van der Waals surface area (Å²) in [5, 5.41) is 11.5. The van der Waals surface area contributed by atoms with Crippen LogP contribution in [0.5, 0.6) is 0 Å². The van der Waals surface area contributed by atoms with E-state index in [1.165, 1.54) is 77.0 Å². The van der Waals surface area contributed by atoms with Crippen molar-refractivity contribution in [2.45, 2.75) is 229 Å². The Morgan fingerprint density at radius 2 is 0.792 bits per heavy atom. The number of hydrogen-bond acceptors (Lipinski definition) is 9. The number of rotatable bonds is 40. The van der Waals surface area contributed by atoms with Crippen LogP contribution in [0.3, 0.4) is 0 Å². The summed E-state index contributed by atoms with van der Waals surface area (Å²) in [6.45, 7) is 3.09. The summed E-state index contributed by atoms with van der Waals surface area (Å²) in [5.74, 6) is -0.567. The molecular weight excluding hydrogens is 672 g/mol. The normalized spacial score (nSPS) is 19.8. The molecule has 3 aliphatic heterocycles. The fraction of sp³-hybridized carbons (Fsp3) is 0.932. The van der Waals surface area contributed by atoms with Gasteiger partial charge in [-0.3, -0.25) is 14.4 Å². The van der Waals surface area contributed by atoms with Crippen LogP contribution in [0.1, 0.15) is 205 Å². The second-order valence-electron chi connectivity index (χ2n) is 16.4. The number of ether oxygens (including phenoxy) is 5. The Hall–Kier alpha value is -1.55. The molecule has 9 heteroatoms. The first-order chi connectivity index (χ1) is 25.9. The zero-order valence-corrected chi connectivity index (χ0v) is 33.6. The van der Waals surface area contributed by atoms with Gasteiger partial charge in [0.1, 0.15) is 6.61 Å². The third kappa shape index (κ3) is 26.8. The fourth-order valence-corrected chi connectivity index (χ4v) is 7.22.